The molecule has 1 aromatic rings. The van der Waals surface area contributed by atoms with Gasteiger partial charge in [-0.2, -0.15) is 0 Å². The van der Waals surface area contributed by atoms with Crippen molar-refractivity contribution in [3.8, 4) is 0 Å². The number of aromatic nitrogens is 2. The molecule has 1 fully saturated rings. The lowest BCUT2D eigenvalue weighted by Gasteiger charge is -2.33. The summed E-state index contributed by atoms with van der Waals surface area (Å²) in [5, 5.41) is 3.22. The number of rotatable bonds is 2. The lowest BCUT2D eigenvalue weighted by atomic mass is 10.0. The van der Waals surface area contributed by atoms with Gasteiger partial charge in [-0.15, -0.1) is 0 Å². The van der Waals surface area contributed by atoms with Gasteiger partial charge in [-0.1, -0.05) is 6.42 Å². The van der Waals surface area contributed by atoms with Crippen LogP contribution in [0.2, 0.25) is 0 Å². The van der Waals surface area contributed by atoms with Crippen LogP contribution in [-0.4, -0.2) is 46.0 Å². The number of hydrogen-bond acceptors (Lipinski definition) is 3. The van der Waals surface area contributed by atoms with Crippen molar-refractivity contribution in [3.05, 3.63) is 18.2 Å². The van der Waals surface area contributed by atoms with E-state index in [0.29, 0.717) is 0 Å². The minimum atomic E-state index is 0.0675. The molecule has 0 radical (unpaired) electrons. The van der Waals surface area contributed by atoms with Gasteiger partial charge in [0.1, 0.15) is 5.82 Å². The van der Waals surface area contributed by atoms with Crippen molar-refractivity contribution in [2.75, 3.05) is 13.6 Å². The first-order chi connectivity index (χ1) is 9.24. The lowest BCUT2D eigenvalue weighted by Crippen LogP contribution is -2.51. The zero-order valence-corrected chi connectivity index (χ0v) is 11.5. The first-order valence-corrected chi connectivity index (χ1v) is 7.24. The van der Waals surface area contributed by atoms with Gasteiger partial charge in [0.25, 0.3) is 0 Å². The van der Waals surface area contributed by atoms with Gasteiger partial charge in [-0.3, -0.25) is 9.69 Å². The Balaban J connectivity index is 1.58. The van der Waals surface area contributed by atoms with Crippen LogP contribution < -0.4 is 5.32 Å². The third-order valence-corrected chi connectivity index (χ3v) is 4.35. The Morgan fingerprint density at radius 2 is 2.32 bits per heavy atom. The van der Waals surface area contributed by atoms with Crippen molar-refractivity contribution >= 4 is 5.91 Å². The molecule has 2 aliphatic heterocycles. The predicted octanol–water partition coefficient (Wildman–Crippen LogP) is 0.798. The van der Waals surface area contributed by atoms with Crippen molar-refractivity contribution < 1.29 is 4.79 Å². The summed E-state index contributed by atoms with van der Waals surface area (Å²) in [5.74, 6) is 1.34. The average Bonchev–Trinajstić information content (AvgIpc) is 2.86. The third kappa shape index (κ3) is 2.66. The van der Waals surface area contributed by atoms with Crippen LogP contribution in [0.3, 0.4) is 0 Å². The van der Waals surface area contributed by atoms with E-state index in [1.54, 1.807) is 0 Å². The number of imidazole rings is 1. The number of likely N-dealkylation sites (tertiary alicyclic amines) is 1. The molecule has 104 valence electrons. The van der Waals surface area contributed by atoms with Gasteiger partial charge in [0.05, 0.1) is 6.04 Å². The fourth-order valence-electron chi connectivity index (χ4n) is 3.19. The quantitative estimate of drug-likeness (QED) is 0.857. The molecule has 0 aromatic carbocycles. The Morgan fingerprint density at radius 1 is 1.42 bits per heavy atom. The number of nitrogens with one attached hydrogen (secondary N) is 1. The summed E-state index contributed by atoms with van der Waals surface area (Å²) in [4.78, 5) is 18.8. The molecule has 0 aliphatic carbocycles. The van der Waals surface area contributed by atoms with Gasteiger partial charge in [0.2, 0.25) is 5.91 Å². The molecule has 3 heterocycles. The topological polar surface area (TPSA) is 50.2 Å². The van der Waals surface area contributed by atoms with Gasteiger partial charge in [0, 0.05) is 31.4 Å². The Kier molecular flexibility index (Phi) is 3.55. The lowest BCUT2D eigenvalue weighted by molar-refractivity contribution is -0.128. The Labute approximate surface area is 114 Å². The average molecular weight is 262 g/mol. The van der Waals surface area contributed by atoms with Crippen LogP contribution in [0.4, 0.5) is 0 Å². The highest BCUT2D eigenvalue weighted by molar-refractivity contribution is 5.82. The first kappa shape index (κ1) is 12.7. The molecule has 0 spiro atoms. The van der Waals surface area contributed by atoms with E-state index in [9.17, 15) is 4.79 Å². The van der Waals surface area contributed by atoms with Gasteiger partial charge in [-0.05, 0) is 32.9 Å². The molecule has 0 unspecified atom stereocenters. The van der Waals surface area contributed by atoms with Crippen LogP contribution in [0, 0.1) is 0 Å². The van der Waals surface area contributed by atoms with Crippen LogP contribution in [0.1, 0.15) is 31.5 Å². The summed E-state index contributed by atoms with van der Waals surface area (Å²) in [6, 6.07) is 0.322. The summed E-state index contributed by atoms with van der Waals surface area (Å²) >= 11 is 0. The molecule has 0 saturated carbocycles. The number of amides is 1. The van der Waals surface area contributed by atoms with Gasteiger partial charge in [-0.25, -0.2) is 4.98 Å². The van der Waals surface area contributed by atoms with Crippen LogP contribution in [0.5, 0.6) is 0 Å². The first-order valence-electron chi connectivity index (χ1n) is 7.24. The van der Waals surface area contributed by atoms with E-state index in [-0.39, 0.29) is 18.0 Å². The second-order valence-corrected chi connectivity index (χ2v) is 5.73. The summed E-state index contributed by atoms with van der Waals surface area (Å²) < 4.78 is 2.15. The number of carbonyl (C=O) groups is 1. The summed E-state index contributed by atoms with van der Waals surface area (Å²) in [6.45, 7) is 1.89. The van der Waals surface area contributed by atoms with Crippen molar-refractivity contribution in [1.82, 2.24) is 19.8 Å². The van der Waals surface area contributed by atoms with Gasteiger partial charge >= 0.3 is 0 Å². The number of hydrogen-bond donors (Lipinski definition) is 1. The van der Waals surface area contributed by atoms with E-state index in [1.165, 1.54) is 12.8 Å². The fraction of sp³-hybridized carbons (Fsp3) is 0.714. The highest BCUT2D eigenvalue weighted by Gasteiger charge is 2.28. The largest absolute Gasteiger partial charge is 0.350 e. The molecule has 1 aromatic heterocycles. The van der Waals surface area contributed by atoms with E-state index in [2.05, 4.69) is 26.8 Å². The van der Waals surface area contributed by atoms with E-state index >= 15 is 0 Å². The van der Waals surface area contributed by atoms with E-state index in [1.807, 2.05) is 12.4 Å². The Hall–Kier alpha value is -1.36. The van der Waals surface area contributed by atoms with Crippen molar-refractivity contribution in [3.63, 3.8) is 0 Å². The Bertz CT molecular complexity index is 456. The molecule has 0 bridgehead atoms. The summed E-state index contributed by atoms with van der Waals surface area (Å²) in [5.41, 5.74) is 0. The van der Waals surface area contributed by atoms with Crippen LogP contribution >= 0.6 is 0 Å². The van der Waals surface area contributed by atoms with Crippen molar-refractivity contribution in [1.29, 1.82) is 0 Å². The third-order valence-electron chi connectivity index (χ3n) is 4.35. The minimum absolute atomic E-state index is 0.0675. The normalized spacial score (nSPS) is 27.8. The zero-order valence-electron chi connectivity index (χ0n) is 11.5. The van der Waals surface area contributed by atoms with E-state index in [0.717, 1.165) is 38.2 Å². The SMILES string of the molecule is CN1CCCC[C@@H]1C(=O)N[C@H]1CCc2nccn2C1. The maximum atomic E-state index is 12.3. The number of aryl methyl sites for hydroxylation is 1. The molecular weight excluding hydrogens is 240 g/mol. The van der Waals surface area contributed by atoms with E-state index < -0.39 is 0 Å². The second-order valence-electron chi connectivity index (χ2n) is 5.73. The van der Waals surface area contributed by atoms with E-state index in [4.69, 9.17) is 0 Å². The standard InChI is InChI=1S/C14H22N4O/c1-17-8-3-2-4-12(17)14(19)16-11-5-6-13-15-7-9-18(13)10-11/h7,9,11-12H,2-6,8,10H2,1H3,(H,16,19)/t11-,12+/m0/s1. The van der Waals surface area contributed by atoms with Crippen LogP contribution in [0.25, 0.3) is 0 Å². The Morgan fingerprint density at radius 3 is 3.16 bits per heavy atom. The molecule has 1 N–H and O–H groups in total. The van der Waals surface area contributed by atoms with Crippen molar-refractivity contribution in [2.45, 2.75) is 50.7 Å². The van der Waals surface area contributed by atoms with Gasteiger partial charge < -0.3 is 9.88 Å². The molecule has 5 heteroatoms. The number of carbonyl (C=O) groups excluding carboxylic acids is 1. The molecule has 2 atom stereocenters. The zero-order chi connectivity index (χ0) is 13.2. The molecule has 5 nitrogen and oxygen atoms in total. The summed E-state index contributed by atoms with van der Waals surface area (Å²) in [7, 11) is 2.05. The second kappa shape index (κ2) is 5.33. The molecular formula is C14H22N4O. The smallest absolute Gasteiger partial charge is 0.237 e. The maximum absolute atomic E-state index is 12.3. The number of fused-ring (bicyclic) bond motifs is 1. The van der Waals surface area contributed by atoms with Crippen LogP contribution in [-0.2, 0) is 17.8 Å². The number of piperidine rings is 1. The number of nitrogens with zero attached hydrogens (tertiary/aromatic N) is 3. The van der Waals surface area contributed by atoms with Crippen molar-refractivity contribution in [2.24, 2.45) is 0 Å². The van der Waals surface area contributed by atoms with Gasteiger partial charge in [0.15, 0.2) is 0 Å². The molecule has 2 aliphatic rings. The number of likely N-dealkylation sites (N-methyl/N-ethyl adjacent to an activating group) is 1. The summed E-state index contributed by atoms with van der Waals surface area (Å²) in [6.07, 6.45) is 9.17. The molecule has 3 rings (SSSR count). The molecule has 1 amide bonds. The predicted molar refractivity (Wildman–Crippen MR) is 72.7 cm³/mol. The minimum Gasteiger partial charge on any atom is -0.350 e. The van der Waals surface area contributed by atoms with Crippen LogP contribution in [0.15, 0.2) is 12.4 Å². The highest BCUT2D eigenvalue weighted by Crippen LogP contribution is 2.17. The maximum Gasteiger partial charge on any atom is 0.237 e. The molecule has 19 heavy (non-hydrogen) atoms. The monoisotopic (exact) mass is 262 g/mol. The highest BCUT2D eigenvalue weighted by atomic mass is 16.2. The fourth-order valence-corrected chi connectivity index (χ4v) is 3.19. The molecule has 1 saturated heterocycles.